The van der Waals surface area contributed by atoms with Gasteiger partial charge in [-0.05, 0) is 33.8 Å². The summed E-state index contributed by atoms with van der Waals surface area (Å²) in [4.78, 5) is 21.1. The monoisotopic (exact) mass is 343 g/mol. The van der Waals surface area contributed by atoms with Gasteiger partial charge in [-0.1, -0.05) is 11.3 Å². The predicted molar refractivity (Wildman–Crippen MR) is 90.3 cm³/mol. The standard InChI is InChI=1S/C15H17N7OS/c1-8-5-9(2)18-14(17-8)22-11(4)12(10(3)21-22)6-13(23)19-15-20-16-7-24-15/h5,7H,6H2,1-4H3,(H,19,20,23). The molecule has 0 aromatic carbocycles. The van der Waals surface area contributed by atoms with E-state index in [9.17, 15) is 4.79 Å². The van der Waals surface area contributed by atoms with Crippen molar-refractivity contribution in [3.8, 4) is 5.95 Å². The molecule has 1 N–H and O–H groups in total. The number of hydrogen-bond acceptors (Lipinski definition) is 7. The minimum atomic E-state index is -0.154. The minimum Gasteiger partial charge on any atom is -0.300 e. The van der Waals surface area contributed by atoms with Crippen LogP contribution in [0.2, 0.25) is 0 Å². The summed E-state index contributed by atoms with van der Waals surface area (Å²) in [5.41, 5.74) is 5.82. The van der Waals surface area contributed by atoms with Gasteiger partial charge in [0.15, 0.2) is 0 Å². The Hall–Kier alpha value is -2.68. The zero-order valence-corrected chi connectivity index (χ0v) is 14.7. The molecule has 0 unspecified atom stereocenters. The maximum atomic E-state index is 12.2. The highest BCUT2D eigenvalue weighted by Crippen LogP contribution is 2.18. The lowest BCUT2D eigenvalue weighted by Gasteiger charge is -2.06. The Bertz CT molecular complexity index is 865. The van der Waals surface area contributed by atoms with Crippen LogP contribution in [0.25, 0.3) is 5.95 Å². The Morgan fingerprint density at radius 1 is 1.21 bits per heavy atom. The number of aryl methyl sites for hydroxylation is 3. The van der Waals surface area contributed by atoms with Gasteiger partial charge in [0, 0.05) is 22.6 Å². The average molecular weight is 343 g/mol. The van der Waals surface area contributed by atoms with E-state index in [1.165, 1.54) is 11.3 Å². The fourth-order valence-electron chi connectivity index (χ4n) is 2.48. The Morgan fingerprint density at radius 2 is 1.92 bits per heavy atom. The zero-order valence-electron chi connectivity index (χ0n) is 13.9. The summed E-state index contributed by atoms with van der Waals surface area (Å²) in [5.74, 6) is 0.364. The number of rotatable bonds is 4. The van der Waals surface area contributed by atoms with Gasteiger partial charge < -0.3 is 5.32 Å². The van der Waals surface area contributed by atoms with Gasteiger partial charge in [0.25, 0.3) is 5.95 Å². The number of anilines is 1. The van der Waals surface area contributed by atoms with Crippen LogP contribution < -0.4 is 5.32 Å². The molecule has 1 amide bonds. The lowest BCUT2D eigenvalue weighted by Crippen LogP contribution is -2.15. The quantitative estimate of drug-likeness (QED) is 0.777. The van der Waals surface area contributed by atoms with Gasteiger partial charge in [-0.3, -0.25) is 4.79 Å². The normalized spacial score (nSPS) is 10.8. The van der Waals surface area contributed by atoms with Crippen molar-refractivity contribution in [2.75, 3.05) is 5.32 Å². The third kappa shape index (κ3) is 3.30. The summed E-state index contributed by atoms with van der Waals surface area (Å²) in [5, 5.41) is 15.2. The van der Waals surface area contributed by atoms with Crippen molar-refractivity contribution in [1.29, 1.82) is 0 Å². The molecule has 0 saturated carbocycles. The molecule has 3 aromatic rings. The van der Waals surface area contributed by atoms with Crippen LogP contribution in [0.4, 0.5) is 5.13 Å². The smallest absolute Gasteiger partial charge is 0.251 e. The number of carbonyl (C=O) groups is 1. The first-order valence-electron chi connectivity index (χ1n) is 7.38. The van der Waals surface area contributed by atoms with Crippen LogP contribution in [0.1, 0.15) is 28.3 Å². The van der Waals surface area contributed by atoms with Crippen LogP contribution in [-0.4, -0.2) is 35.9 Å². The van der Waals surface area contributed by atoms with Gasteiger partial charge >= 0.3 is 0 Å². The molecule has 0 atom stereocenters. The van der Waals surface area contributed by atoms with Crippen LogP contribution in [0, 0.1) is 27.7 Å². The molecular weight excluding hydrogens is 326 g/mol. The molecule has 8 nitrogen and oxygen atoms in total. The summed E-state index contributed by atoms with van der Waals surface area (Å²) in [6.45, 7) is 7.62. The summed E-state index contributed by atoms with van der Waals surface area (Å²) >= 11 is 1.28. The van der Waals surface area contributed by atoms with E-state index in [-0.39, 0.29) is 12.3 Å². The average Bonchev–Trinajstić information content (AvgIpc) is 3.09. The molecule has 0 aliphatic rings. The molecule has 0 fully saturated rings. The number of amides is 1. The summed E-state index contributed by atoms with van der Waals surface area (Å²) in [6.07, 6.45) is 0.210. The highest BCUT2D eigenvalue weighted by atomic mass is 32.1. The highest BCUT2D eigenvalue weighted by Gasteiger charge is 2.18. The Balaban J connectivity index is 1.87. The van der Waals surface area contributed by atoms with E-state index >= 15 is 0 Å². The topological polar surface area (TPSA) is 98.5 Å². The fraction of sp³-hybridized carbons (Fsp3) is 0.333. The number of hydrogen-bond donors (Lipinski definition) is 1. The molecule has 3 rings (SSSR count). The molecule has 24 heavy (non-hydrogen) atoms. The lowest BCUT2D eigenvalue weighted by molar-refractivity contribution is -0.115. The zero-order chi connectivity index (χ0) is 17.3. The van der Waals surface area contributed by atoms with E-state index in [1.54, 1.807) is 10.2 Å². The largest absolute Gasteiger partial charge is 0.300 e. The van der Waals surface area contributed by atoms with Crippen molar-refractivity contribution in [3.63, 3.8) is 0 Å². The van der Waals surface area contributed by atoms with Gasteiger partial charge in [-0.2, -0.15) is 5.10 Å². The van der Waals surface area contributed by atoms with E-state index < -0.39 is 0 Å². The third-order valence-corrected chi connectivity index (χ3v) is 4.15. The van der Waals surface area contributed by atoms with Gasteiger partial charge in [0.05, 0.1) is 12.1 Å². The number of nitrogens with zero attached hydrogens (tertiary/aromatic N) is 6. The Morgan fingerprint density at radius 3 is 2.54 bits per heavy atom. The number of carbonyl (C=O) groups excluding carboxylic acids is 1. The summed E-state index contributed by atoms with van der Waals surface area (Å²) in [6, 6.07) is 1.91. The molecule has 0 saturated heterocycles. The SMILES string of the molecule is Cc1cc(C)nc(-n2nc(C)c(CC(=O)Nc3nncs3)c2C)n1. The van der Waals surface area contributed by atoms with Crippen molar-refractivity contribution >= 4 is 22.4 Å². The Kier molecular flexibility index (Phi) is 4.34. The van der Waals surface area contributed by atoms with Gasteiger partial charge in [-0.15, -0.1) is 10.2 Å². The molecule has 124 valence electrons. The van der Waals surface area contributed by atoms with E-state index in [0.717, 1.165) is 28.3 Å². The first-order valence-corrected chi connectivity index (χ1v) is 8.26. The van der Waals surface area contributed by atoms with E-state index in [1.807, 2.05) is 33.8 Å². The van der Waals surface area contributed by atoms with Crippen molar-refractivity contribution in [3.05, 3.63) is 39.9 Å². The third-order valence-electron chi connectivity index (χ3n) is 3.54. The van der Waals surface area contributed by atoms with Crippen molar-refractivity contribution in [2.45, 2.75) is 34.1 Å². The predicted octanol–water partition coefficient (Wildman–Crippen LogP) is 1.93. The molecule has 0 aliphatic heterocycles. The van der Waals surface area contributed by atoms with Crippen LogP contribution in [0.3, 0.4) is 0 Å². The molecule has 0 radical (unpaired) electrons. The van der Waals surface area contributed by atoms with Crippen molar-refractivity contribution < 1.29 is 4.79 Å². The first kappa shape index (κ1) is 16.2. The first-order chi connectivity index (χ1) is 11.4. The van der Waals surface area contributed by atoms with Gasteiger partial charge in [-0.25, -0.2) is 14.6 Å². The molecule has 3 aromatic heterocycles. The van der Waals surface area contributed by atoms with Crippen LogP contribution >= 0.6 is 11.3 Å². The Labute approximate surface area is 143 Å². The van der Waals surface area contributed by atoms with Crippen molar-refractivity contribution in [1.82, 2.24) is 29.9 Å². The summed E-state index contributed by atoms with van der Waals surface area (Å²) in [7, 11) is 0. The summed E-state index contributed by atoms with van der Waals surface area (Å²) < 4.78 is 1.68. The van der Waals surface area contributed by atoms with Crippen molar-refractivity contribution in [2.24, 2.45) is 0 Å². The van der Waals surface area contributed by atoms with Crippen LogP contribution in [0.15, 0.2) is 11.6 Å². The van der Waals surface area contributed by atoms with Crippen LogP contribution in [0.5, 0.6) is 0 Å². The van der Waals surface area contributed by atoms with E-state index in [4.69, 9.17) is 0 Å². The molecule has 0 bridgehead atoms. The highest BCUT2D eigenvalue weighted by molar-refractivity contribution is 7.13. The minimum absolute atomic E-state index is 0.154. The molecular formula is C15H17N7OS. The number of aromatic nitrogens is 6. The second-order valence-electron chi connectivity index (χ2n) is 5.48. The second kappa shape index (κ2) is 6.44. The lowest BCUT2D eigenvalue weighted by atomic mass is 10.1. The maximum absolute atomic E-state index is 12.2. The number of nitrogens with one attached hydrogen (secondary N) is 1. The molecule has 0 spiro atoms. The molecule has 0 aliphatic carbocycles. The van der Waals surface area contributed by atoms with Gasteiger partial charge in [0.2, 0.25) is 11.0 Å². The van der Waals surface area contributed by atoms with Gasteiger partial charge in [0.1, 0.15) is 5.51 Å². The maximum Gasteiger partial charge on any atom is 0.251 e. The van der Waals surface area contributed by atoms with Crippen LogP contribution in [-0.2, 0) is 11.2 Å². The van der Waals surface area contributed by atoms with E-state index in [0.29, 0.717) is 11.1 Å². The molecule has 9 heteroatoms. The fourth-order valence-corrected chi connectivity index (χ4v) is 2.94. The second-order valence-corrected chi connectivity index (χ2v) is 6.31. The van der Waals surface area contributed by atoms with E-state index in [2.05, 4.69) is 30.6 Å². The molecule has 3 heterocycles.